The topological polar surface area (TPSA) is 32.3 Å². The monoisotopic (exact) mass is 308 g/mol. The molecule has 0 unspecified atom stereocenters. The standard InChI is InChI=1S/C14H14Cl2N4/c15-11-2-1-3-12(10-11)19-6-8-20(9-7-19)14-13(16)17-4-5-18-14/h1-5,10H,6-9H2. The molecule has 2 aromatic rings. The first-order valence-corrected chi connectivity index (χ1v) is 7.21. The van der Waals surface area contributed by atoms with Gasteiger partial charge in [-0.15, -0.1) is 0 Å². The molecular formula is C14H14Cl2N4. The van der Waals surface area contributed by atoms with E-state index in [1.165, 1.54) is 0 Å². The largest absolute Gasteiger partial charge is 0.368 e. The number of rotatable bonds is 2. The van der Waals surface area contributed by atoms with Crippen molar-refractivity contribution in [1.82, 2.24) is 9.97 Å². The fraction of sp³-hybridized carbons (Fsp3) is 0.286. The van der Waals surface area contributed by atoms with Gasteiger partial charge in [0.1, 0.15) is 0 Å². The Morgan fingerprint density at radius 2 is 1.60 bits per heavy atom. The summed E-state index contributed by atoms with van der Waals surface area (Å²) < 4.78 is 0. The van der Waals surface area contributed by atoms with Gasteiger partial charge in [-0.05, 0) is 18.2 Å². The highest BCUT2D eigenvalue weighted by Crippen LogP contribution is 2.24. The SMILES string of the molecule is Clc1cccc(N2CCN(c3nccnc3Cl)CC2)c1. The lowest BCUT2D eigenvalue weighted by Crippen LogP contribution is -2.47. The molecule has 2 heterocycles. The van der Waals surface area contributed by atoms with Gasteiger partial charge in [-0.2, -0.15) is 0 Å². The van der Waals surface area contributed by atoms with Crippen LogP contribution in [0.2, 0.25) is 10.2 Å². The molecule has 3 rings (SSSR count). The molecule has 0 radical (unpaired) electrons. The zero-order chi connectivity index (χ0) is 13.9. The predicted molar refractivity (Wildman–Crippen MR) is 82.9 cm³/mol. The number of piperazine rings is 1. The number of benzene rings is 1. The second kappa shape index (κ2) is 5.85. The number of aromatic nitrogens is 2. The molecule has 0 bridgehead atoms. The van der Waals surface area contributed by atoms with E-state index in [4.69, 9.17) is 23.2 Å². The summed E-state index contributed by atoms with van der Waals surface area (Å²) in [5, 5.41) is 1.23. The van der Waals surface area contributed by atoms with Crippen molar-refractivity contribution in [3.63, 3.8) is 0 Å². The fourth-order valence-corrected chi connectivity index (χ4v) is 2.78. The number of nitrogens with zero attached hydrogens (tertiary/aromatic N) is 4. The van der Waals surface area contributed by atoms with E-state index in [9.17, 15) is 0 Å². The van der Waals surface area contributed by atoms with Gasteiger partial charge in [0, 0.05) is 49.3 Å². The van der Waals surface area contributed by atoms with Crippen LogP contribution in [0.25, 0.3) is 0 Å². The van der Waals surface area contributed by atoms with Crippen LogP contribution in [0.4, 0.5) is 11.5 Å². The highest BCUT2D eigenvalue weighted by molar-refractivity contribution is 6.31. The Labute approximate surface area is 128 Å². The lowest BCUT2D eigenvalue weighted by atomic mass is 10.2. The molecule has 0 spiro atoms. The van der Waals surface area contributed by atoms with Crippen LogP contribution < -0.4 is 9.80 Å². The first kappa shape index (κ1) is 13.5. The quantitative estimate of drug-likeness (QED) is 0.853. The summed E-state index contributed by atoms with van der Waals surface area (Å²) in [6.45, 7) is 3.55. The van der Waals surface area contributed by atoms with Crippen LogP contribution in [-0.4, -0.2) is 36.1 Å². The summed E-state index contributed by atoms with van der Waals surface area (Å²) in [5.41, 5.74) is 1.15. The van der Waals surface area contributed by atoms with Gasteiger partial charge in [-0.25, -0.2) is 9.97 Å². The maximum Gasteiger partial charge on any atom is 0.171 e. The lowest BCUT2D eigenvalue weighted by molar-refractivity contribution is 0.646. The third kappa shape index (κ3) is 2.81. The summed E-state index contributed by atoms with van der Waals surface area (Å²) in [7, 11) is 0. The van der Waals surface area contributed by atoms with Gasteiger partial charge in [-0.1, -0.05) is 29.3 Å². The van der Waals surface area contributed by atoms with Crippen LogP contribution in [0.5, 0.6) is 0 Å². The van der Waals surface area contributed by atoms with Crippen LogP contribution in [0, 0.1) is 0 Å². The van der Waals surface area contributed by atoms with E-state index < -0.39 is 0 Å². The van der Waals surface area contributed by atoms with Crippen LogP contribution >= 0.6 is 23.2 Å². The Kier molecular flexibility index (Phi) is 3.94. The molecule has 0 aliphatic carbocycles. The van der Waals surface area contributed by atoms with Crippen molar-refractivity contribution < 1.29 is 0 Å². The summed E-state index contributed by atoms with van der Waals surface area (Å²) in [4.78, 5) is 12.9. The molecular weight excluding hydrogens is 295 g/mol. The van der Waals surface area contributed by atoms with Crippen molar-refractivity contribution in [3.05, 3.63) is 46.8 Å². The summed E-state index contributed by atoms with van der Waals surface area (Å²) in [6, 6.07) is 7.94. The van der Waals surface area contributed by atoms with Crippen molar-refractivity contribution in [2.45, 2.75) is 0 Å². The summed E-state index contributed by atoms with van der Waals surface area (Å²) in [6.07, 6.45) is 3.28. The molecule has 1 saturated heterocycles. The van der Waals surface area contributed by atoms with E-state index in [0.29, 0.717) is 5.15 Å². The number of halogens is 2. The summed E-state index contributed by atoms with van der Waals surface area (Å²) >= 11 is 12.1. The molecule has 0 saturated carbocycles. The molecule has 4 nitrogen and oxygen atoms in total. The molecule has 1 aromatic heterocycles. The minimum absolute atomic E-state index is 0.462. The Morgan fingerprint density at radius 3 is 2.30 bits per heavy atom. The second-order valence-corrected chi connectivity index (χ2v) is 5.42. The third-order valence-electron chi connectivity index (χ3n) is 3.39. The van der Waals surface area contributed by atoms with E-state index in [1.54, 1.807) is 12.4 Å². The van der Waals surface area contributed by atoms with Gasteiger partial charge in [0.2, 0.25) is 0 Å². The van der Waals surface area contributed by atoms with Crippen molar-refractivity contribution >= 4 is 34.7 Å². The van der Waals surface area contributed by atoms with Gasteiger partial charge in [0.15, 0.2) is 11.0 Å². The van der Waals surface area contributed by atoms with Gasteiger partial charge in [0.05, 0.1) is 0 Å². The van der Waals surface area contributed by atoms with Gasteiger partial charge in [0.25, 0.3) is 0 Å². The second-order valence-electron chi connectivity index (χ2n) is 4.62. The average Bonchev–Trinajstić information content (AvgIpc) is 2.48. The smallest absolute Gasteiger partial charge is 0.171 e. The Balaban J connectivity index is 1.70. The highest BCUT2D eigenvalue weighted by Gasteiger charge is 2.20. The molecule has 1 aliphatic heterocycles. The minimum Gasteiger partial charge on any atom is -0.368 e. The zero-order valence-corrected chi connectivity index (χ0v) is 12.3. The molecule has 1 aromatic carbocycles. The van der Waals surface area contributed by atoms with Crippen LogP contribution in [0.1, 0.15) is 0 Å². The van der Waals surface area contributed by atoms with Gasteiger partial charge < -0.3 is 9.80 Å². The van der Waals surface area contributed by atoms with Crippen molar-refractivity contribution in [2.24, 2.45) is 0 Å². The number of hydrogen-bond donors (Lipinski definition) is 0. The molecule has 0 amide bonds. The average molecular weight is 309 g/mol. The van der Waals surface area contributed by atoms with Gasteiger partial charge in [-0.3, -0.25) is 0 Å². The molecule has 6 heteroatoms. The van der Waals surface area contributed by atoms with E-state index in [2.05, 4.69) is 25.8 Å². The Morgan fingerprint density at radius 1 is 0.900 bits per heavy atom. The molecule has 1 fully saturated rings. The van der Waals surface area contributed by atoms with E-state index in [-0.39, 0.29) is 0 Å². The van der Waals surface area contributed by atoms with E-state index in [0.717, 1.165) is 42.7 Å². The molecule has 104 valence electrons. The summed E-state index contributed by atoms with van der Waals surface area (Å²) in [5.74, 6) is 0.764. The predicted octanol–water partition coefficient (Wildman–Crippen LogP) is 3.11. The molecule has 0 N–H and O–H groups in total. The zero-order valence-electron chi connectivity index (χ0n) is 10.8. The van der Waals surface area contributed by atoms with E-state index >= 15 is 0 Å². The maximum atomic E-state index is 6.09. The van der Waals surface area contributed by atoms with Crippen molar-refractivity contribution in [1.29, 1.82) is 0 Å². The van der Waals surface area contributed by atoms with Crippen LogP contribution in [0.3, 0.4) is 0 Å². The molecule has 0 atom stereocenters. The third-order valence-corrected chi connectivity index (χ3v) is 3.89. The Bertz CT molecular complexity index is 597. The Hall–Kier alpha value is -1.52. The minimum atomic E-state index is 0.462. The molecule has 20 heavy (non-hydrogen) atoms. The number of anilines is 2. The molecule has 1 aliphatic rings. The lowest BCUT2D eigenvalue weighted by Gasteiger charge is -2.36. The van der Waals surface area contributed by atoms with E-state index in [1.807, 2.05) is 18.2 Å². The van der Waals surface area contributed by atoms with Gasteiger partial charge >= 0.3 is 0 Å². The van der Waals surface area contributed by atoms with Crippen molar-refractivity contribution in [3.8, 4) is 0 Å². The van der Waals surface area contributed by atoms with Crippen LogP contribution in [-0.2, 0) is 0 Å². The number of hydrogen-bond acceptors (Lipinski definition) is 4. The first-order valence-electron chi connectivity index (χ1n) is 6.46. The normalized spacial score (nSPS) is 15.5. The van der Waals surface area contributed by atoms with Crippen LogP contribution in [0.15, 0.2) is 36.7 Å². The first-order chi connectivity index (χ1) is 9.74. The highest BCUT2D eigenvalue weighted by atomic mass is 35.5. The maximum absolute atomic E-state index is 6.09. The van der Waals surface area contributed by atoms with Crippen molar-refractivity contribution in [2.75, 3.05) is 36.0 Å². The fourth-order valence-electron chi connectivity index (χ4n) is 2.38.